The number of hydroxylamine groups is 1. The first kappa shape index (κ1) is 14.0. The molecule has 0 atom stereocenters. The van der Waals surface area contributed by atoms with E-state index in [0.29, 0.717) is 17.8 Å². The summed E-state index contributed by atoms with van der Waals surface area (Å²) in [7, 11) is 0. The Bertz CT molecular complexity index is 362. The zero-order chi connectivity index (χ0) is 14.4. The highest BCUT2D eigenvalue weighted by Gasteiger charge is 2.51. The van der Waals surface area contributed by atoms with Crippen molar-refractivity contribution in [1.29, 1.82) is 0 Å². The minimum absolute atomic E-state index is 0.222. The molecule has 4 aliphatic rings. The van der Waals surface area contributed by atoms with Crippen LogP contribution in [0.15, 0.2) is 0 Å². The molecule has 4 bridgehead atoms. The second-order valence-corrected chi connectivity index (χ2v) is 6.66. The number of carbonyl (C=O) groups is 1. The average Bonchev–Trinajstić information content (AvgIpc) is 2.23. The van der Waals surface area contributed by atoms with Gasteiger partial charge in [-0.25, -0.2) is 10.3 Å². The number of nitrogens with one attached hydrogen (secondary N) is 2. The highest BCUT2D eigenvalue weighted by molar-refractivity contribution is 5.73. The van der Waals surface area contributed by atoms with E-state index in [1.54, 1.807) is 0 Å². The fourth-order valence-corrected chi connectivity index (χ4v) is 4.71. The molecule has 0 unspecified atom stereocenters. The summed E-state index contributed by atoms with van der Waals surface area (Å²) in [6.07, 6.45) is 2.14. The number of urea groups is 1. The van der Waals surface area contributed by atoms with Crippen molar-refractivity contribution in [2.45, 2.75) is 50.2 Å². The second kappa shape index (κ2) is 4.79. The fourth-order valence-electron chi connectivity index (χ4n) is 4.71. The van der Waals surface area contributed by atoms with Gasteiger partial charge >= 0.3 is 12.2 Å². The van der Waals surface area contributed by atoms with Gasteiger partial charge in [0.15, 0.2) is 6.61 Å². The summed E-state index contributed by atoms with van der Waals surface area (Å²) >= 11 is 0. The topological polar surface area (TPSA) is 50.4 Å². The Morgan fingerprint density at radius 2 is 1.60 bits per heavy atom. The van der Waals surface area contributed by atoms with Crippen LogP contribution in [0.4, 0.5) is 18.0 Å². The maximum absolute atomic E-state index is 11.9. The Hall–Kier alpha value is -0.980. The largest absolute Gasteiger partial charge is 0.414 e. The van der Waals surface area contributed by atoms with Crippen molar-refractivity contribution >= 4 is 6.03 Å². The molecule has 20 heavy (non-hydrogen) atoms. The Kier molecular flexibility index (Phi) is 3.35. The van der Waals surface area contributed by atoms with E-state index in [9.17, 15) is 18.0 Å². The molecular formula is C13H19F3N2O2. The molecule has 0 spiro atoms. The zero-order valence-electron chi connectivity index (χ0n) is 11.1. The third kappa shape index (κ3) is 3.02. The van der Waals surface area contributed by atoms with E-state index in [-0.39, 0.29) is 5.54 Å². The third-order valence-electron chi connectivity index (χ3n) is 4.82. The predicted molar refractivity (Wildman–Crippen MR) is 64.6 cm³/mol. The summed E-state index contributed by atoms with van der Waals surface area (Å²) < 4.78 is 35.8. The Labute approximate surface area is 115 Å². The van der Waals surface area contributed by atoms with Gasteiger partial charge in [-0.3, -0.25) is 4.84 Å². The minimum atomic E-state index is -4.44. The standard InChI is InChI=1S/C13H19F3N2O2/c14-13(15,16)7-20-18-11(19)17-12-4-8-1-9(5-12)3-10(2-8)6-12/h8-10H,1-7H2,(H2,17,18,19). The maximum atomic E-state index is 11.9. The summed E-state index contributed by atoms with van der Waals surface area (Å²) in [5.41, 5.74) is 1.62. The zero-order valence-corrected chi connectivity index (χ0v) is 11.1. The number of halogens is 3. The van der Waals surface area contributed by atoms with Crippen molar-refractivity contribution in [3.63, 3.8) is 0 Å². The number of carbonyl (C=O) groups excluding carboxylic acids is 1. The van der Waals surface area contributed by atoms with Crippen molar-refractivity contribution in [2.75, 3.05) is 6.61 Å². The molecule has 0 aromatic carbocycles. The van der Waals surface area contributed by atoms with Gasteiger partial charge in [0.25, 0.3) is 0 Å². The lowest BCUT2D eigenvalue weighted by atomic mass is 9.53. The molecule has 7 heteroatoms. The van der Waals surface area contributed by atoms with E-state index in [2.05, 4.69) is 10.2 Å². The van der Waals surface area contributed by atoms with Gasteiger partial charge in [0.2, 0.25) is 0 Å². The summed E-state index contributed by atoms with van der Waals surface area (Å²) in [5, 5.41) is 2.87. The van der Waals surface area contributed by atoms with E-state index < -0.39 is 18.8 Å². The predicted octanol–water partition coefficient (Wildman–Crippen LogP) is 2.75. The average molecular weight is 292 g/mol. The molecule has 0 saturated heterocycles. The fraction of sp³-hybridized carbons (Fsp3) is 0.923. The quantitative estimate of drug-likeness (QED) is 0.786. The van der Waals surface area contributed by atoms with Crippen molar-refractivity contribution in [1.82, 2.24) is 10.8 Å². The van der Waals surface area contributed by atoms with Crippen LogP contribution in [0.25, 0.3) is 0 Å². The van der Waals surface area contributed by atoms with Crippen LogP contribution in [-0.4, -0.2) is 24.4 Å². The van der Waals surface area contributed by atoms with Gasteiger partial charge in [-0.2, -0.15) is 13.2 Å². The van der Waals surface area contributed by atoms with Gasteiger partial charge in [0, 0.05) is 5.54 Å². The first-order valence-corrected chi connectivity index (χ1v) is 7.10. The van der Waals surface area contributed by atoms with Crippen LogP contribution >= 0.6 is 0 Å². The molecule has 4 rings (SSSR count). The Balaban J connectivity index is 1.51. The van der Waals surface area contributed by atoms with E-state index in [1.165, 1.54) is 19.3 Å². The van der Waals surface area contributed by atoms with E-state index in [0.717, 1.165) is 19.3 Å². The monoisotopic (exact) mass is 292 g/mol. The first-order chi connectivity index (χ1) is 9.34. The number of hydrogen-bond donors (Lipinski definition) is 2. The van der Waals surface area contributed by atoms with E-state index >= 15 is 0 Å². The lowest BCUT2D eigenvalue weighted by Crippen LogP contribution is -2.61. The molecule has 0 aromatic heterocycles. The van der Waals surface area contributed by atoms with Gasteiger partial charge in [-0.05, 0) is 56.3 Å². The Morgan fingerprint density at radius 3 is 2.05 bits per heavy atom. The molecule has 0 aromatic rings. The van der Waals surface area contributed by atoms with Gasteiger partial charge in [-0.15, -0.1) is 0 Å². The summed E-state index contributed by atoms with van der Waals surface area (Å²) in [6, 6.07) is -0.656. The lowest BCUT2D eigenvalue weighted by Gasteiger charge is -2.56. The Morgan fingerprint density at radius 1 is 1.10 bits per heavy atom. The molecule has 2 N–H and O–H groups in total. The molecular weight excluding hydrogens is 273 g/mol. The van der Waals surface area contributed by atoms with Crippen molar-refractivity contribution in [3.8, 4) is 0 Å². The SMILES string of the molecule is O=C(NOCC(F)(F)F)NC12CC3CC(CC(C3)C1)C2. The normalized spacial score (nSPS) is 38.9. The summed E-state index contributed by atoms with van der Waals surface area (Å²) in [4.78, 5) is 15.9. The maximum Gasteiger partial charge on any atom is 0.414 e. The number of rotatable bonds is 3. The van der Waals surface area contributed by atoms with E-state index in [4.69, 9.17) is 0 Å². The van der Waals surface area contributed by atoms with Crippen molar-refractivity contribution < 1.29 is 22.8 Å². The van der Waals surface area contributed by atoms with Crippen molar-refractivity contribution in [3.05, 3.63) is 0 Å². The van der Waals surface area contributed by atoms with Crippen LogP contribution in [-0.2, 0) is 4.84 Å². The highest BCUT2D eigenvalue weighted by atomic mass is 19.4. The number of amides is 2. The van der Waals surface area contributed by atoms with Crippen LogP contribution in [0.2, 0.25) is 0 Å². The van der Waals surface area contributed by atoms with E-state index in [1.807, 2.05) is 5.48 Å². The van der Waals surface area contributed by atoms with Crippen LogP contribution in [0, 0.1) is 17.8 Å². The first-order valence-electron chi connectivity index (χ1n) is 7.10. The molecule has 4 nitrogen and oxygen atoms in total. The van der Waals surface area contributed by atoms with Gasteiger partial charge < -0.3 is 5.32 Å². The number of hydrogen-bond acceptors (Lipinski definition) is 2. The highest BCUT2D eigenvalue weighted by Crippen LogP contribution is 2.55. The molecule has 4 fully saturated rings. The van der Waals surface area contributed by atoms with Gasteiger partial charge in [0.05, 0.1) is 0 Å². The van der Waals surface area contributed by atoms with Crippen LogP contribution < -0.4 is 10.8 Å². The van der Waals surface area contributed by atoms with Crippen molar-refractivity contribution in [2.24, 2.45) is 17.8 Å². The molecule has 0 radical (unpaired) electrons. The molecule has 4 aliphatic carbocycles. The van der Waals surface area contributed by atoms with Crippen LogP contribution in [0.1, 0.15) is 38.5 Å². The lowest BCUT2D eigenvalue weighted by molar-refractivity contribution is -0.184. The minimum Gasteiger partial charge on any atom is -0.331 e. The number of alkyl halides is 3. The van der Waals surface area contributed by atoms with Gasteiger partial charge in [0.1, 0.15) is 0 Å². The summed E-state index contributed by atoms with van der Waals surface area (Å²) in [5.74, 6) is 1.99. The molecule has 0 aliphatic heterocycles. The van der Waals surface area contributed by atoms with Crippen LogP contribution in [0.3, 0.4) is 0 Å². The third-order valence-corrected chi connectivity index (χ3v) is 4.82. The second-order valence-electron chi connectivity index (χ2n) is 6.66. The van der Waals surface area contributed by atoms with Gasteiger partial charge in [-0.1, -0.05) is 0 Å². The molecule has 114 valence electrons. The smallest absolute Gasteiger partial charge is 0.331 e. The molecule has 0 heterocycles. The van der Waals surface area contributed by atoms with Crippen LogP contribution in [0.5, 0.6) is 0 Å². The summed E-state index contributed by atoms with van der Waals surface area (Å²) in [6.45, 7) is -1.47. The molecule has 2 amide bonds. The molecule has 4 saturated carbocycles.